The van der Waals surface area contributed by atoms with Gasteiger partial charge in [-0.3, -0.25) is 9.97 Å². The van der Waals surface area contributed by atoms with Crippen molar-refractivity contribution in [2.24, 2.45) is 0 Å². The zero-order valence-corrected chi connectivity index (χ0v) is 36.4. The Labute approximate surface area is 333 Å². The van der Waals surface area contributed by atoms with E-state index in [-0.39, 0.29) is 39.7 Å². The fourth-order valence-corrected chi connectivity index (χ4v) is 6.00. The summed E-state index contributed by atoms with van der Waals surface area (Å²) in [6.07, 6.45) is 11.1. The standard InChI is InChI=1S/2C21H24N.2CH3.2ClH.Si.Zr/c2*1-4-5-8-16-11-18-13-17(15(2)3)14-20(19(18)12-16)21-9-6-7-10-22-21;;;;;;/h2*6-7,9-15H,4-5,8H2,1-3H3;2*1H3;2*1H;;/q4*-1;;;;. The fourth-order valence-electron chi connectivity index (χ4n) is 6.00. The molecule has 4 aromatic carbocycles. The van der Waals surface area contributed by atoms with E-state index in [1.807, 2.05) is 24.5 Å². The van der Waals surface area contributed by atoms with Gasteiger partial charge in [0.25, 0.3) is 0 Å². The van der Waals surface area contributed by atoms with Crippen molar-refractivity contribution in [3.05, 3.63) is 134 Å². The van der Waals surface area contributed by atoms with Crippen LogP contribution in [0.4, 0.5) is 0 Å². The first-order chi connectivity index (χ1) is 22.4. The van der Waals surface area contributed by atoms with Crippen LogP contribution in [0.25, 0.3) is 44.1 Å². The number of unbranched alkanes of at least 4 members (excludes halogenated alkanes) is 2. The maximum absolute atomic E-state index is 4.57. The van der Waals surface area contributed by atoms with Crippen LogP contribution in [0.15, 0.2) is 97.3 Å². The van der Waals surface area contributed by atoms with Gasteiger partial charge in [-0.05, 0) is 60.1 Å². The van der Waals surface area contributed by atoms with E-state index in [0.29, 0.717) is 11.8 Å². The first-order valence-electron chi connectivity index (χ1n) is 16.9. The summed E-state index contributed by atoms with van der Waals surface area (Å²) < 4.78 is 0. The predicted molar refractivity (Wildman–Crippen MR) is 224 cm³/mol. The van der Waals surface area contributed by atoms with E-state index in [9.17, 15) is 0 Å². The Kier molecular flexibility index (Phi) is 22.9. The van der Waals surface area contributed by atoms with Crippen LogP contribution in [0.5, 0.6) is 0 Å². The number of hydrogen-bond acceptors (Lipinski definition) is 2. The minimum atomic E-state index is 0. The monoisotopic (exact) mass is 800 g/mol. The number of hydrogen-bond donors (Lipinski definition) is 0. The van der Waals surface area contributed by atoms with Crippen LogP contribution in [0.2, 0.25) is 0 Å². The number of nitrogens with zero attached hydrogens (tertiary/aromatic N) is 2. The molecule has 0 N–H and O–H groups in total. The van der Waals surface area contributed by atoms with Crippen molar-refractivity contribution < 1.29 is 23.3 Å². The van der Waals surface area contributed by atoms with Crippen LogP contribution >= 0.6 is 24.8 Å². The zero-order chi connectivity index (χ0) is 33.1. The summed E-state index contributed by atoms with van der Waals surface area (Å²) in [6.45, 7) is 16.6. The number of halogens is 2. The van der Waals surface area contributed by atoms with Crippen LogP contribution < -0.4 is 0 Å². The van der Waals surface area contributed by atoms with E-state index in [4.69, 9.17) is 0 Å². The first kappa shape index (κ1) is 47.6. The topological polar surface area (TPSA) is 25.8 Å². The van der Waals surface area contributed by atoms with Gasteiger partial charge in [0, 0.05) is 12.4 Å². The molecule has 50 heavy (non-hydrogen) atoms. The van der Waals surface area contributed by atoms with Gasteiger partial charge in [0.15, 0.2) is 0 Å². The maximum atomic E-state index is 4.57. The molecule has 6 aromatic rings. The SMILES string of the molecule is CCCCc1cc2c(-c3ccccn3)cc(C(C)C)cc2[cH-]1.CCCCc1cc2c(-c3ccccn3)cc(C(C)C)cc2[cH-]1.Cl.Cl.[CH3-].[CH3-].[Si]=[Zr]. The van der Waals surface area contributed by atoms with Crippen LogP contribution in [-0.2, 0) is 36.2 Å². The molecule has 0 spiro atoms. The molecule has 0 amide bonds. The average molecular weight is 803 g/mol. The Balaban J connectivity index is 0.000000850. The molecule has 0 saturated carbocycles. The van der Waals surface area contributed by atoms with E-state index in [0.717, 1.165) is 11.4 Å². The molecule has 0 aliphatic carbocycles. The van der Waals surface area contributed by atoms with Gasteiger partial charge in [0.05, 0.1) is 11.4 Å². The van der Waals surface area contributed by atoms with Crippen molar-refractivity contribution in [1.29, 1.82) is 0 Å². The average Bonchev–Trinajstić information content (AvgIpc) is 3.71. The molecule has 0 bridgehead atoms. The number of fused-ring (bicyclic) bond motifs is 2. The van der Waals surface area contributed by atoms with Gasteiger partial charge in [-0.15, -0.1) is 81.8 Å². The third-order valence-electron chi connectivity index (χ3n) is 8.66. The Morgan fingerprint density at radius 1 is 0.600 bits per heavy atom. The molecular weight excluding hydrogens is 747 g/mol. The molecule has 2 aromatic heterocycles. The van der Waals surface area contributed by atoms with Crippen LogP contribution in [0, 0.1) is 14.9 Å². The Bertz CT molecular complexity index is 1680. The van der Waals surface area contributed by atoms with Crippen LogP contribution in [-0.4, -0.2) is 16.8 Å². The number of aryl methyl sites for hydroxylation is 2. The van der Waals surface area contributed by atoms with Gasteiger partial charge >= 0.3 is 30.2 Å². The van der Waals surface area contributed by atoms with E-state index < -0.39 is 0 Å². The molecule has 0 aliphatic heterocycles. The molecule has 2 heterocycles. The summed E-state index contributed by atoms with van der Waals surface area (Å²) in [5.74, 6) is 1.06. The van der Waals surface area contributed by atoms with Crippen LogP contribution in [0.1, 0.15) is 101 Å². The zero-order valence-electron chi connectivity index (χ0n) is 31.3. The second-order valence-corrected chi connectivity index (χ2v) is 12.8. The van der Waals surface area contributed by atoms with Gasteiger partial charge in [0.1, 0.15) is 0 Å². The Morgan fingerprint density at radius 3 is 1.28 bits per heavy atom. The summed E-state index contributed by atoms with van der Waals surface area (Å²) in [5, 5.41) is 5.40. The van der Waals surface area contributed by atoms with Gasteiger partial charge in [-0.2, -0.15) is 12.1 Å². The summed E-state index contributed by atoms with van der Waals surface area (Å²) in [4.78, 5) is 9.14. The second-order valence-electron chi connectivity index (χ2n) is 12.8. The summed E-state index contributed by atoms with van der Waals surface area (Å²) >= 11 is 1.36. The van der Waals surface area contributed by atoms with E-state index in [1.54, 1.807) is 0 Å². The number of rotatable bonds is 10. The molecule has 0 saturated heterocycles. The van der Waals surface area contributed by atoms with Crippen molar-refractivity contribution in [2.45, 2.75) is 91.9 Å². The molecule has 0 aliphatic rings. The molecule has 0 atom stereocenters. The summed E-state index contributed by atoms with van der Waals surface area (Å²) in [6, 6.07) is 31.1. The van der Waals surface area contributed by atoms with E-state index >= 15 is 0 Å². The molecule has 0 fully saturated rings. The molecule has 2 radical (unpaired) electrons. The third-order valence-corrected chi connectivity index (χ3v) is 8.66. The number of aromatic nitrogens is 2. The van der Waals surface area contributed by atoms with Gasteiger partial charge < -0.3 is 14.9 Å². The van der Waals surface area contributed by atoms with Gasteiger partial charge in [0.2, 0.25) is 0 Å². The van der Waals surface area contributed by atoms with Crippen molar-refractivity contribution >= 4 is 53.2 Å². The Hall–Kier alpha value is -2.36. The number of pyridine rings is 2. The van der Waals surface area contributed by atoms with Crippen molar-refractivity contribution in [1.82, 2.24) is 9.97 Å². The van der Waals surface area contributed by atoms with Crippen LogP contribution in [0.3, 0.4) is 0 Å². The van der Waals surface area contributed by atoms with Gasteiger partial charge in [-0.1, -0.05) is 103 Å². The van der Waals surface area contributed by atoms with Crippen molar-refractivity contribution in [3.63, 3.8) is 0 Å². The fraction of sp³-hybridized carbons (Fsp3) is 0.318. The van der Waals surface area contributed by atoms with Gasteiger partial charge in [-0.25, -0.2) is 0 Å². The predicted octanol–water partition coefficient (Wildman–Crippen LogP) is 13.5. The summed E-state index contributed by atoms with van der Waals surface area (Å²) in [7, 11) is 0. The molecule has 268 valence electrons. The third kappa shape index (κ3) is 12.4. The number of benzene rings is 2. The van der Waals surface area contributed by atoms with Crippen molar-refractivity contribution in [3.8, 4) is 22.5 Å². The minimum absolute atomic E-state index is 0. The van der Waals surface area contributed by atoms with E-state index in [1.165, 1.54) is 117 Å². The molecular formula is C44H56Cl2N2SiZr-4. The molecule has 2 nitrogen and oxygen atoms in total. The van der Waals surface area contributed by atoms with E-state index in [2.05, 4.69) is 131 Å². The quantitative estimate of drug-likeness (QED) is 0.102. The normalized spacial score (nSPS) is 10.1. The molecule has 6 heteroatoms. The second kappa shape index (κ2) is 24.0. The Morgan fingerprint density at radius 2 is 0.980 bits per heavy atom. The molecule has 0 unspecified atom stereocenters. The molecule has 6 rings (SSSR count). The van der Waals surface area contributed by atoms with Crippen molar-refractivity contribution in [2.75, 3.05) is 0 Å². The summed E-state index contributed by atoms with van der Waals surface area (Å²) in [5.41, 5.74) is 10.4. The first-order valence-corrected chi connectivity index (χ1v) is 21.1.